The summed E-state index contributed by atoms with van der Waals surface area (Å²) in [7, 11) is 1.94. The second-order valence-corrected chi connectivity index (χ2v) is 6.53. The first-order valence-electron chi connectivity index (χ1n) is 8.11. The van der Waals surface area contributed by atoms with E-state index in [9.17, 15) is 4.79 Å². The Morgan fingerprint density at radius 3 is 3.05 bits per heavy atom. The van der Waals surface area contributed by atoms with E-state index in [0.717, 1.165) is 50.7 Å². The summed E-state index contributed by atoms with van der Waals surface area (Å²) in [5, 5.41) is 3.50. The van der Waals surface area contributed by atoms with Crippen LogP contribution in [0.2, 0.25) is 0 Å². The zero-order valence-corrected chi connectivity index (χ0v) is 12.8. The third-order valence-electron chi connectivity index (χ3n) is 5.40. The second kappa shape index (κ2) is 5.86. The number of fused-ring (bicyclic) bond motifs is 1. The molecule has 0 saturated carbocycles. The maximum Gasteiger partial charge on any atom is 0.240 e. The van der Waals surface area contributed by atoms with E-state index < -0.39 is 0 Å². The van der Waals surface area contributed by atoms with Crippen molar-refractivity contribution >= 4 is 5.91 Å². The lowest BCUT2D eigenvalue weighted by Gasteiger charge is -2.28. The molecule has 1 N–H and O–H groups in total. The molecule has 2 aliphatic heterocycles. The molecule has 112 valence electrons. The molecule has 3 atom stereocenters. The van der Waals surface area contributed by atoms with Crippen molar-refractivity contribution in [3.05, 3.63) is 11.8 Å². The van der Waals surface area contributed by atoms with Crippen molar-refractivity contribution in [3.63, 3.8) is 0 Å². The van der Waals surface area contributed by atoms with Crippen molar-refractivity contribution in [3.8, 4) is 0 Å². The molecular weight excluding hydrogens is 250 g/mol. The van der Waals surface area contributed by atoms with E-state index in [-0.39, 0.29) is 5.91 Å². The van der Waals surface area contributed by atoms with Gasteiger partial charge in [0.15, 0.2) is 0 Å². The van der Waals surface area contributed by atoms with Crippen molar-refractivity contribution in [1.82, 2.24) is 15.1 Å². The first-order chi connectivity index (χ1) is 9.70. The molecule has 0 aromatic rings. The summed E-state index contributed by atoms with van der Waals surface area (Å²) in [5.41, 5.74) is 1.23. The van der Waals surface area contributed by atoms with Gasteiger partial charge in [0.2, 0.25) is 5.91 Å². The zero-order valence-electron chi connectivity index (χ0n) is 12.8. The molecule has 1 aliphatic carbocycles. The molecule has 3 aliphatic rings. The Balaban J connectivity index is 1.61. The van der Waals surface area contributed by atoms with Gasteiger partial charge in [0.05, 0.1) is 6.54 Å². The van der Waals surface area contributed by atoms with Crippen LogP contribution in [0.5, 0.6) is 0 Å². The Hall–Kier alpha value is -0.870. The number of likely N-dealkylation sites (N-methyl/N-ethyl adjacent to an activating group) is 1. The van der Waals surface area contributed by atoms with Crippen LogP contribution in [0.25, 0.3) is 0 Å². The molecule has 2 heterocycles. The quantitative estimate of drug-likeness (QED) is 0.844. The van der Waals surface area contributed by atoms with Crippen LogP contribution in [0.15, 0.2) is 11.8 Å². The van der Waals surface area contributed by atoms with Gasteiger partial charge in [-0.15, -0.1) is 0 Å². The Morgan fingerprint density at radius 2 is 2.35 bits per heavy atom. The normalized spacial score (nSPS) is 33.3. The Kier molecular flexibility index (Phi) is 4.13. The van der Waals surface area contributed by atoms with Crippen LogP contribution >= 0.6 is 0 Å². The van der Waals surface area contributed by atoms with E-state index in [1.807, 2.05) is 11.9 Å². The minimum absolute atomic E-state index is 0.268. The van der Waals surface area contributed by atoms with Crippen LogP contribution in [0, 0.1) is 11.8 Å². The van der Waals surface area contributed by atoms with Crippen molar-refractivity contribution in [2.75, 3.05) is 33.2 Å². The summed E-state index contributed by atoms with van der Waals surface area (Å²) in [6.07, 6.45) is 6.77. The summed E-state index contributed by atoms with van der Waals surface area (Å²) >= 11 is 0. The van der Waals surface area contributed by atoms with Crippen LogP contribution in [-0.4, -0.2) is 55.0 Å². The van der Waals surface area contributed by atoms with Gasteiger partial charge in [-0.3, -0.25) is 9.69 Å². The smallest absolute Gasteiger partial charge is 0.240 e. The average molecular weight is 277 g/mol. The molecule has 0 aromatic carbocycles. The van der Waals surface area contributed by atoms with Crippen LogP contribution < -0.4 is 5.32 Å². The molecule has 0 spiro atoms. The van der Waals surface area contributed by atoms with Gasteiger partial charge in [0.1, 0.15) is 0 Å². The maximum absolute atomic E-state index is 12.5. The number of rotatable bonds is 4. The minimum atomic E-state index is 0.268. The molecular formula is C16H27N3O. The first kappa shape index (κ1) is 14.1. The fourth-order valence-corrected chi connectivity index (χ4v) is 4.25. The number of likely N-dealkylation sites (tertiary alicyclic amines) is 1. The average Bonchev–Trinajstić information content (AvgIpc) is 3.14. The third-order valence-corrected chi connectivity index (χ3v) is 5.40. The number of carbonyl (C=O) groups excluding carboxylic acids is 1. The molecule has 20 heavy (non-hydrogen) atoms. The van der Waals surface area contributed by atoms with Crippen molar-refractivity contribution in [1.29, 1.82) is 0 Å². The van der Waals surface area contributed by atoms with Gasteiger partial charge in [-0.05, 0) is 50.6 Å². The monoisotopic (exact) mass is 277 g/mol. The molecule has 2 saturated heterocycles. The lowest BCUT2D eigenvalue weighted by Crippen LogP contribution is -2.42. The molecule has 4 nitrogen and oxygen atoms in total. The molecule has 2 fully saturated rings. The lowest BCUT2D eigenvalue weighted by molar-refractivity contribution is -0.129. The highest BCUT2D eigenvalue weighted by atomic mass is 16.2. The number of allylic oxidation sites excluding steroid dienone is 2. The Bertz CT molecular complexity index is 407. The highest BCUT2D eigenvalue weighted by Gasteiger charge is 2.43. The van der Waals surface area contributed by atoms with Crippen LogP contribution in [0.1, 0.15) is 32.6 Å². The molecule has 1 amide bonds. The van der Waals surface area contributed by atoms with E-state index in [2.05, 4.69) is 23.2 Å². The van der Waals surface area contributed by atoms with Crippen LogP contribution in [0.3, 0.4) is 0 Å². The Labute approximate surface area is 122 Å². The highest BCUT2D eigenvalue weighted by molar-refractivity contribution is 5.80. The summed E-state index contributed by atoms with van der Waals surface area (Å²) in [6, 6.07) is 0.588. The largest absolute Gasteiger partial charge is 0.318 e. The lowest BCUT2D eigenvalue weighted by atomic mass is 9.93. The number of nitrogens with one attached hydrogen (secondary N) is 1. The topological polar surface area (TPSA) is 35.6 Å². The molecule has 4 heteroatoms. The van der Waals surface area contributed by atoms with Crippen LogP contribution in [-0.2, 0) is 4.79 Å². The van der Waals surface area contributed by atoms with Crippen molar-refractivity contribution < 1.29 is 4.79 Å². The Morgan fingerprint density at radius 1 is 1.50 bits per heavy atom. The molecule has 3 rings (SSSR count). The third kappa shape index (κ3) is 2.51. The van der Waals surface area contributed by atoms with Gasteiger partial charge >= 0.3 is 0 Å². The molecule has 0 bridgehead atoms. The molecule has 3 unspecified atom stereocenters. The number of nitrogens with zero attached hydrogens (tertiary/aromatic N) is 2. The van der Waals surface area contributed by atoms with E-state index in [4.69, 9.17) is 0 Å². The van der Waals surface area contributed by atoms with Gasteiger partial charge in [-0.2, -0.15) is 0 Å². The maximum atomic E-state index is 12.5. The zero-order chi connectivity index (χ0) is 14.1. The van der Waals surface area contributed by atoms with Gasteiger partial charge in [0, 0.05) is 25.3 Å². The van der Waals surface area contributed by atoms with Gasteiger partial charge in [0.25, 0.3) is 0 Å². The summed E-state index contributed by atoms with van der Waals surface area (Å²) in [5.74, 6) is 1.78. The van der Waals surface area contributed by atoms with E-state index in [1.54, 1.807) is 0 Å². The predicted octanol–water partition coefficient (Wildman–Crippen LogP) is 1.44. The second-order valence-electron chi connectivity index (χ2n) is 6.53. The number of hydrogen-bond acceptors (Lipinski definition) is 3. The molecule has 0 radical (unpaired) electrons. The summed E-state index contributed by atoms with van der Waals surface area (Å²) < 4.78 is 0. The fourth-order valence-electron chi connectivity index (χ4n) is 4.25. The number of carbonyl (C=O) groups is 1. The first-order valence-corrected chi connectivity index (χ1v) is 8.11. The van der Waals surface area contributed by atoms with Crippen molar-refractivity contribution in [2.45, 2.75) is 38.6 Å². The summed E-state index contributed by atoms with van der Waals surface area (Å²) in [4.78, 5) is 16.8. The molecule has 0 aromatic heterocycles. The van der Waals surface area contributed by atoms with E-state index in [1.165, 1.54) is 12.1 Å². The van der Waals surface area contributed by atoms with E-state index in [0.29, 0.717) is 12.6 Å². The van der Waals surface area contributed by atoms with Gasteiger partial charge in [-0.1, -0.05) is 13.0 Å². The minimum Gasteiger partial charge on any atom is -0.318 e. The fraction of sp³-hybridized carbons (Fsp3) is 0.812. The number of amides is 1. The van der Waals surface area contributed by atoms with Crippen molar-refractivity contribution in [2.24, 2.45) is 11.8 Å². The number of hydrogen-bond donors (Lipinski definition) is 1. The van der Waals surface area contributed by atoms with E-state index >= 15 is 0 Å². The SMILES string of the molecule is CCC1C2CNCC2CN1CC(=O)N(C)C1=CCCC1. The summed E-state index contributed by atoms with van der Waals surface area (Å²) in [6.45, 7) is 6.21. The van der Waals surface area contributed by atoms with Gasteiger partial charge < -0.3 is 10.2 Å². The van der Waals surface area contributed by atoms with Crippen LogP contribution in [0.4, 0.5) is 0 Å². The highest BCUT2D eigenvalue weighted by Crippen LogP contribution is 2.34. The van der Waals surface area contributed by atoms with Gasteiger partial charge in [-0.25, -0.2) is 0 Å². The standard InChI is InChI=1S/C16H27N3O/c1-3-15-14-9-17-8-12(14)10-19(15)11-16(20)18(2)13-6-4-5-7-13/h6,12,14-15,17H,3-5,7-11H2,1-2H3. The predicted molar refractivity (Wildman–Crippen MR) is 80.2 cm³/mol.